The predicted octanol–water partition coefficient (Wildman–Crippen LogP) is 2.61. The van der Waals surface area contributed by atoms with E-state index >= 15 is 0 Å². The minimum Gasteiger partial charge on any atom is -0.493 e. The average Bonchev–Trinajstić information content (AvgIpc) is 2.99. The van der Waals surface area contributed by atoms with Gasteiger partial charge in [-0.2, -0.15) is 0 Å². The number of benzene rings is 2. The highest BCUT2D eigenvalue weighted by atomic mass is 16.6. The minimum absolute atomic E-state index is 0.149. The van der Waals surface area contributed by atoms with Gasteiger partial charge in [-0.15, -0.1) is 0 Å². The van der Waals surface area contributed by atoms with Gasteiger partial charge < -0.3 is 14.2 Å². The minimum atomic E-state index is -0.629. The van der Waals surface area contributed by atoms with Gasteiger partial charge in [-0.3, -0.25) is 9.13 Å². The molecule has 8 heteroatoms. The number of imidazole rings is 1. The van der Waals surface area contributed by atoms with Crippen molar-refractivity contribution in [2.24, 2.45) is 0 Å². The molecule has 2 aromatic carbocycles. The van der Waals surface area contributed by atoms with E-state index in [0.29, 0.717) is 12.1 Å². The van der Waals surface area contributed by atoms with Gasteiger partial charge in [0, 0.05) is 6.54 Å². The van der Waals surface area contributed by atoms with E-state index in [2.05, 4.69) is 4.74 Å². The maximum absolute atomic E-state index is 12.8. The first-order chi connectivity index (χ1) is 14.0. The third kappa shape index (κ3) is 4.01. The van der Waals surface area contributed by atoms with E-state index in [4.69, 9.17) is 9.47 Å². The number of aromatic nitrogens is 2. The van der Waals surface area contributed by atoms with Crippen LogP contribution in [0, 0.1) is 0 Å². The zero-order valence-corrected chi connectivity index (χ0v) is 16.5. The number of methoxy groups -OCH3 is 2. The molecule has 3 rings (SSSR count). The maximum Gasteiger partial charge on any atom is 0.337 e. The smallest absolute Gasteiger partial charge is 0.337 e. The van der Waals surface area contributed by atoms with E-state index in [0.717, 1.165) is 11.9 Å². The van der Waals surface area contributed by atoms with Gasteiger partial charge in [-0.1, -0.05) is 19.1 Å². The lowest BCUT2D eigenvalue weighted by molar-refractivity contribution is -0.135. The zero-order valence-electron chi connectivity index (χ0n) is 16.5. The van der Waals surface area contributed by atoms with Gasteiger partial charge in [0.25, 0.3) is 0 Å². The molecule has 0 unspecified atom stereocenters. The van der Waals surface area contributed by atoms with Gasteiger partial charge in [-0.05, 0) is 36.8 Å². The van der Waals surface area contributed by atoms with Crippen molar-refractivity contribution in [1.82, 2.24) is 9.13 Å². The van der Waals surface area contributed by atoms with Crippen molar-refractivity contribution in [1.29, 1.82) is 0 Å². The van der Waals surface area contributed by atoms with E-state index in [9.17, 15) is 14.4 Å². The lowest BCUT2D eigenvalue weighted by Crippen LogP contribution is -2.28. The number of fused-ring (bicyclic) bond motifs is 1. The summed E-state index contributed by atoms with van der Waals surface area (Å²) in [7, 11) is 2.67. The van der Waals surface area contributed by atoms with Crippen LogP contribution in [-0.2, 0) is 22.6 Å². The number of carbonyl (C=O) groups excluding carboxylic acids is 2. The standard InChI is InChI=1S/C21H22N2O6/c1-4-11-22-15-7-5-6-8-16(15)23(21(22)26)13-19(24)29-17-10-9-14(20(25)28-3)12-18(17)27-2/h5-10,12H,4,11,13H2,1-3H3. The van der Waals surface area contributed by atoms with Crippen LogP contribution in [0.2, 0.25) is 0 Å². The van der Waals surface area contributed by atoms with Gasteiger partial charge in [-0.25, -0.2) is 14.4 Å². The van der Waals surface area contributed by atoms with E-state index in [1.807, 2.05) is 25.1 Å². The number of para-hydroxylation sites is 2. The molecule has 0 saturated carbocycles. The van der Waals surface area contributed by atoms with Crippen molar-refractivity contribution >= 4 is 23.0 Å². The Kier molecular flexibility index (Phi) is 6.01. The summed E-state index contributed by atoms with van der Waals surface area (Å²) in [4.78, 5) is 37.0. The summed E-state index contributed by atoms with van der Waals surface area (Å²) in [6.07, 6.45) is 0.794. The summed E-state index contributed by atoms with van der Waals surface area (Å²) in [5, 5.41) is 0. The van der Waals surface area contributed by atoms with E-state index in [1.54, 1.807) is 10.6 Å². The van der Waals surface area contributed by atoms with Crippen molar-refractivity contribution in [2.75, 3.05) is 14.2 Å². The third-order valence-electron chi connectivity index (χ3n) is 4.47. The Hall–Kier alpha value is -3.55. The molecular formula is C21H22N2O6. The fourth-order valence-corrected chi connectivity index (χ4v) is 3.15. The van der Waals surface area contributed by atoms with Crippen molar-refractivity contribution < 1.29 is 23.8 Å². The molecular weight excluding hydrogens is 376 g/mol. The zero-order chi connectivity index (χ0) is 21.0. The monoisotopic (exact) mass is 398 g/mol. The van der Waals surface area contributed by atoms with Crippen LogP contribution in [0.25, 0.3) is 11.0 Å². The van der Waals surface area contributed by atoms with Crippen molar-refractivity contribution in [3.63, 3.8) is 0 Å². The Morgan fingerprint density at radius 3 is 2.28 bits per heavy atom. The van der Waals surface area contributed by atoms with Crippen molar-refractivity contribution in [3.8, 4) is 11.5 Å². The molecule has 0 aliphatic rings. The van der Waals surface area contributed by atoms with Gasteiger partial charge >= 0.3 is 17.6 Å². The van der Waals surface area contributed by atoms with Crippen LogP contribution in [-0.4, -0.2) is 35.3 Å². The number of nitrogens with zero attached hydrogens (tertiary/aromatic N) is 2. The maximum atomic E-state index is 12.8. The molecule has 0 aliphatic carbocycles. The molecule has 3 aromatic rings. The number of rotatable bonds is 7. The van der Waals surface area contributed by atoms with Crippen LogP contribution in [0.1, 0.15) is 23.7 Å². The number of hydrogen-bond acceptors (Lipinski definition) is 6. The van der Waals surface area contributed by atoms with Crippen LogP contribution in [0.15, 0.2) is 47.3 Å². The predicted molar refractivity (Wildman–Crippen MR) is 106 cm³/mol. The largest absolute Gasteiger partial charge is 0.493 e. The fraction of sp³-hybridized carbons (Fsp3) is 0.286. The number of ether oxygens (including phenoxy) is 3. The molecule has 0 bridgehead atoms. The molecule has 152 valence electrons. The highest BCUT2D eigenvalue weighted by Crippen LogP contribution is 2.28. The number of hydrogen-bond donors (Lipinski definition) is 0. The normalized spacial score (nSPS) is 10.7. The Morgan fingerprint density at radius 2 is 1.66 bits per heavy atom. The Balaban J connectivity index is 1.88. The molecule has 0 atom stereocenters. The summed E-state index contributed by atoms with van der Waals surface area (Å²) < 4.78 is 18.3. The van der Waals surface area contributed by atoms with Crippen molar-refractivity contribution in [2.45, 2.75) is 26.4 Å². The molecule has 0 radical (unpaired) electrons. The van der Waals surface area contributed by atoms with Gasteiger partial charge in [0.05, 0.1) is 30.8 Å². The van der Waals surface area contributed by atoms with Gasteiger partial charge in [0.15, 0.2) is 11.5 Å². The average molecular weight is 398 g/mol. The second-order valence-corrected chi connectivity index (χ2v) is 6.34. The van der Waals surface area contributed by atoms with E-state index in [-0.39, 0.29) is 29.3 Å². The summed E-state index contributed by atoms with van der Waals surface area (Å²) in [6, 6.07) is 11.7. The Morgan fingerprint density at radius 1 is 0.966 bits per heavy atom. The molecule has 0 saturated heterocycles. The van der Waals surface area contributed by atoms with Crippen LogP contribution >= 0.6 is 0 Å². The fourth-order valence-electron chi connectivity index (χ4n) is 3.15. The SMILES string of the molecule is CCCn1c(=O)n(CC(=O)Oc2ccc(C(=O)OC)cc2OC)c2ccccc21. The molecule has 0 spiro atoms. The van der Waals surface area contributed by atoms with Crippen molar-refractivity contribution in [3.05, 3.63) is 58.5 Å². The molecule has 0 amide bonds. The topological polar surface area (TPSA) is 88.8 Å². The first-order valence-electron chi connectivity index (χ1n) is 9.15. The number of esters is 2. The molecule has 1 heterocycles. The quantitative estimate of drug-likeness (QED) is 0.449. The summed E-state index contributed by atoms with van der Waals surface area (Å²) in [5.41, 5.74) is 1.43. The van der Waals surface area contributed by atoms with Crippen LogP contribution in [0.3, 0.4) is 0 Å². The highest BCUT2D eigenvalue weighted by molar-refractivity contribution is 5.90. The first kappa shape index (κ1) is 20.2. The number of carbonyl (C=O) groups is 2. The van der Waals surface area contributed by atoms with Crippen LogP contribution in [0.5, 0.6) is 11.5 Å². The summed E-state index contributed by atoms with van der Waals surface area (Å²) in [6.45, 7) is 2.29. The third-order valence-corrected chi connectivity index (χ3v) is 4.47. The molecule has 0 aliphatic heterocycles. The second-order valence-electron chi connectivity index (χ2n) is 6.34. The summed E-state index contributed by atoms with van der Waals surface area (Å²) in [5.74, 6) is -0.801. The van der Waals surface area contributed by atoms with Crippen LogP contribution in [0.4, 0.5) is 0 Å². The number of aryl methyl sites for hydroxylation is 1. The molecule has 29 heavy (non-hydrogen) atoms. The second kappa shape index (κ2) is 8.64. The molecule has 8 nitrogen and oxygen atoms in total. The van der Waals surface area contributed by atoms with Crippen LogP contribution < -0.4 is 15.2 Å². The van der Waals surface area contributed by atoms with Gasteiger partial charge in [0.1, 0.15) is 6.54 Å². The molecule has 1 aromatic heterocycles. The van der Waals surface area contributed by atoms with E-state index < -0.39 is 11.9 Å². The molecule has 0 fully saturated rings. The lowest BCUT2D eigenvalue weighted by Gasteiger charge is -2.11. The molecule has 0 N–H and O–H groups in total. The Labute approximate surface area is 167 Å². The lowest BCUT2D eigenvalue weighted by atomic mass is 10.2. The highest BCUT2D eigenvalue weighted by Gasteiger charge is 2.18. The van der Waals surface area contributed by atoms with Gasteiger partial charge in [0.2, 0.25) is 0 Å². The first-order valence-corrected chi connectivity index (χ1v) is 9.15. The van der Waals surface area contributed by atoms with E-state index in [1.165, 1.54) is 37.0 Å². The summed E-state index contributed by atoms with van der Waals surface area (Å²) >= 11 is 0. The Bertz CT molecular complexity index is 1110.